The van der Waals surface area contributed by atoms with Crippen LogP contribution in [0, 0.1) is 25.2 Å². The van der Waals surface area contributed by atoms with Crippen molar-refractivity contribution < 1.29 is 4.79 Å². The van der Waals surface area contributed by atoms with Crippen LogP contribution < -0.4 is 5.32 Å². The minimum absolute atomic E-state index is 0.0964. The lowest BCUT2D eigenvalue weighted by Crippen LogP contribution is -2.12. The molecule has 0 saturated heterocycles. The van der Waals surface area contributed by atoms with Crippen LogP contribution in [0.3, 0.4) is 0 Å². The Morgan fingerprint density at radius 3 is 2.79 bits per heavy atom. The van der Waals surface area contributed by atoms with E-state index in [2.05, 4.69) is 11.4 Å². The first kappa shape index (κ1) is 11.0. The lowest BCUT2D eigenvalue weighted by atomic mass is 10.2. The molecule has 0 aliphatic rings. The van der Waals surface area contributed by atoms with Crippen LogP contribution in [0.15, 0.2) is 0 Å². The third kappa shape index (κ3) is 2.06. The number of amides is 1. The number of hydrogen-bond donors (Lipinski definition) is 1. The Hall–Kier alpha value is -1.05. The molecule has 1 N–H and O–H groups in total. The van der Waals surface area contributed by atoms with Gasteiger partial charge in [0, 0.05) is 4.88 Å². The van der Waals surface area contributed by atoms with E-state index in [0.29, 0.717) is 10.6 Å². The summed E-state index contributed by atoms with van der Waals surface area (Å²) in [7, 11) is 0. The predicted octanol–water partition coefficient (Wildman–Crippen LogP) is 2.41. The van der Waals surface area contributed by atoms with Gasteiger partial charge in [0.15, 0.2) is 0 Å². The number of aryl methyl sites for hydroxylation is 1. The van der Waals surface area contributed by atoms with E-state index in [1.54, 1.807) is 0 Å². The van der Waals surface area contributed by atoms with E-state index >= 15 is 0 Å². The molecule has 0 radical (unpaired) electrons. The summed E-state index contributed by atoms with van der Waals surface area (Å²) in [5.74, 6) is -0.384. The second-order valence-corrected chi connectivity index (χ2v) is 4.27. The van der Waals surface area contributed by atoms with Gasteiger partial charge in [-0.25, -0.2) is 0 Å². The van der Waals surface area contributed by atoms with E-state index in [9.17, 15) is 4.79 Å². The summed E-state index contributed by atoms with van der Waals surface area (Å²) in [4.78, 5) is 12.1. The van der Waals surface area contributed by atoms with Crippen molar-refractivity contribution in [2.75, 3.05) is 11.2 Å². The van der Waals surface area contributed by atoms with E-state index in [0.717, 1.165) is 10.4 Å². The Morgan fingerprint density at radius 1 is 1.64 bits per heavy atom. The van der Waals surface area contributed by atoms with Gasteiger partial charge in [0.05, 0.1) is 5.56 Å². The van der Waals surface area contributed by atoms with Gasteiger partial charge in [-0.2, -0.15) is 5.26 Å². The first-order valence-electron chi connectivity index (χ1n) is 3.96. The SMILES string of the molecule is Cc1sc(NC(=O)CCl)c(C#N)c1C. The number of nitrogens with one attached hydrogen (secondary N) is 1. The van der Waals surface area contributed by atoms with Crippen molar-refractivity contribution in [1.29, 1.82) is 5.26 Å². The molecule has 0 bridgehead atoms. The molecule has 0 unspecified atom stereocenters. The van der Waals surface area contributed by atoms with E-state index in [1.165, 1.54) is 11.3 Å². The van der Waals surface area contributed by atoms with Crippen LogP contribution in [-0.2, 0) is 4.79 Å². The summed E-state index contributed by atoms with van der Waals surface area (Å²) in [6, 6.07) is 2.07. The van der Waals surface area contributed by atoms with Crippen LogP contribution in [0.4, 0.5) is 5.00 Å². The number of anilines is 1. The number of nitriles is 1. The summed E-state index contributed by atoms with van der Waals surface area (Å²) in [6.45, 7) is 3.78. The number of thiophene rings is 1. The Morgan fingerprint density at radius 2 is 2.29 bits per heavy atom. The zero-order valence-electron chi connectivity index (χ0n) is 7.85. The van der Waals surface area contributed by atoms with Crippen molar-refractivity contribution in [2.45, 2.75) is 13.8 Å². The molecule has 1 rings (SSSR count). The van der Waals surface area contributed by atoms with Crippen LogP contribution in [0.5, 0.6) is 0 Å². The standard InChI is InChI=1S/C9H9ClN2OS/c1-5-6(2)14-9(7(5)4-11)12-8(13)3-10/h3H2,1-2H3,(H,12,13). The summed E-state index contributed by atoms with van der Waals surface area (Å²) < 4.78 is 0. The molecule has 0 saturated carbocycles. The fourth-order valence-corrected chi connectivity index (χ4v) is 2.10. The molecule has 74 valence electrons. The zero-order valence-corrected chi connectivity index (χ0v) is 9.42. The van der Waals surface area contributed by atoms with E-state index < -0.39 is 0 Å². The zero-order chi connectivity index (χ0) is 10.7. The molecule has 0 aliphatic heterocycles. The number of alkyl halides is 1. The normalized spacial score (nSPS) is 9.57. The highest BCUT2D eigenvalue weighted by Crippen LogP contribution is 2.31. The summed E-state index contributed by atoms with van der Waals surface area (Å²) >= 11 is 6.75. The third-order valence-electron chi connectivity index (χ3n) is 1.87. The molecule has 1 heterocycles. The molecule has 0 spiro atoms. The van der Waals surface area contributed by atoms with Gasteiger partial charge in [-0.05, 0) is 19.4 Å². The highest BCUT2D eigenvalue weighted by atomic mass is 35.5. The molecule has 14 heavy (non-hydrogen) atoms. The van der Waals surface area contributed by atoms with Crippen molar-refractivity contribution in [3.05, 3.63) is 16.0 Å². The molecule has 1 aromatic heterocycles. The van der Waals surface area contributed by atoms with Crippen LogP contribution in [0.1, 0.15) is 16.0 Å². The van der Waals surface area contributed by atoms with Crippen molar-refractivity contribution in [3.63, 3.8) is 0 Å². The Labute approximate surface area is 91.3 Å². The van der Waals surface area contributed by atoms with E-state index in [1.807, 2.05) is 13.8 Å². The Bertz CT molecular complexity index is 406. The number of hydrogen-bond acceptors (Lipinski definition) is 3. The van der Waals surface area contributed by atoms with Gasteiger partial charge in [0.25, 0.3) is 0 Å². The number of nitrogens with zero attached hydrogens (tertiary/aromatic N) is 1. The topological polar surface area (TPSA) is 52.9 Å². The van der Waals surface area contributed by atoms with Gasteiger partial charge in [-0.1, -0.05) is 0 Å². The molecule has 1 aromatic rings. The number of halogens is 1. The van der Waals surface area contributed by atoms with Crippen LogP contribution >= 0.6 is 22.9 Å². The van der Waals surface area contributed by atoms with Crippen LogP contribution in [0.25, 0.3) is 0 Å². The first-order valence-corrected chi connectivity index (χ1v) is 5.31. The molecular formula is C9H9ClN2OS. The summed E-state index contributed by atoms with van der Waals surface area (Å²) in [5.41, 5.74) is 1.45. The predicted molar refractivity (Wildman–Crippen MR) is 57.9 cm³/mol. The maximum Gasteiger partial charge on any atom is 0.239 e. The molecule has 0 atom stereocenters. The van der Waals surface area contributed by atoms with Gasteiger partial charge < -0.3 is 5.32 Å². The molecule has 0 aromatic carbocycles. The van der Waals surface area contributed by atoms with Gasteiger partial charge in [0.2, 0.25) is 5.91 Å². The molecule has 1 amide bonds. The number of carbonyl (C=O) groups is 1. The summed E-state index contributed by atoms with van der Waals surface area (Å²) in [5, 5.41) is 12.1. The molecule has 5 heteroatoms. The van der Waals surface area contributed by atoms with Gasteiger partial charge >= 0.3 is 0 Å². The monoisotopic (exact) mass is 228 g/mol. The quantitative estimate of drug-likeness (QED) is 0.791. The number of rotatable bonds is 2. The largest absolute Gasteiger partial charge is 0.316 e. The summed E-state index contributed by atoms with van der Waals surface area (Å²) in [6.07, 6.45) is 0. The number of carbonyl (C=O) groups excluding carboxylic acids is 1. The fraction of sp³-hybridized carbons (Fsp3) is 0.333. The average Bonchev–Trinajstić information content (AvgIpc) is 2.42. The minimum Gasteiger partial charge on any atom is -0.316 e. The molecule has 0 fully saturated rings. The van der Waals surface area contributed by atoms with Crippen molar-refractivity contribution in [1.82, 2.24) is 0 Å². The van der Waals surface area contributed by atoms with Gasteiger partial charge in [-0.3, -0.25) is 4.79 Å². The van der Waals surface area contributed by atoms with Crippen molar-refractivity contribution >= 4 is 33.8 Å². The van der Waals surface area contributed by atoms with Crippen LogP contribution in [0.2, 0.25) is 0 Å². The molecule has 3 nitrogen and oxygen atoms in total. The highest BCUT2D eigenvalue weighted by Gasteiger charge is 2.13. The maximum absolute atomic E-state index is 11.0. The third-order valence-corrected chi connectivity index (χ3v) is 3.24. The van der Waals surface area contributed by atoms with E-state index in [4.69, 9.17) is 16.9 Å². The second kappa shape index (κ2) is 4.45. The van der Waals surface area contributed by atoms with Crippen LogP contribution in [-0.4, -0.2) is 11.8 Å². The highest BCUT2D eigenvalue weighted by molar-refractivity contribution is 7.16. The average molecular weight is 229 g/mol. The fourth-order valence-electron chi connectivity index (χ4n) is 1.01. The first-order chi connectivity index (χ1) is 6.60. The minimum atomic E-state index is -0.288. The van der Waals surface area contributed by atoms with Crippen molar-refractivity contribution in [3.8, 4) is 6.07 Å². The second-order valence-electron chi connectivity index (χ2n) is 2.78. The van der Waals surface area contributed by atoms with E-state index in [-0.39, 0.29) is 11.8 Å². The maximum atomic E-state index is 11.0. The Kier molecular flexibility index (Phi) is 3.50. The lowest BCUT2D eigenvalue weighted by Gasteiger charge is -1.98. The molecule has 0 aliphatic carbocycles. The molecular weight excluding hydrogens is 220 g/mol. The lowest BCUT2D eigenvalue weighted by molar-refractivity contribution is -0.113. The Balaban J connectivity index is 3.04. The van der Waals surface area contributed by atoms with Gasteiger partial charge in [0.1, 0.15) is 17.0 Å². The smallest absolute Gasteiger partial charge is 0.239 e. The van der Waals surface area contributed by atoms with Crippen molar-refractivity contribution in [2.24, 2.45) is 0 Å². The van der Waals surface area contributed by atoms with Gasteiger partial charge in [-0.15, -0.1) is 22.9 Å².